The Morgan fingerprint density at radius 1 is 1.20 bits per heavy atom. The van der Waals surface area contributed by atoms with Gasteiger partial charge in [-0.2, -0.15) is 0 Å². The molecule has 118 valence electrons. The first kappa shape index (κ1) is 19.2. The van der Waals surface area contributed by atoms with Crippen LogP contribution in [-0.2, 0) is 32.4 Å². The highest BCUT2D eigenvalue weighted by Crippen LogP contribution is 2.49. The van der Waals surface area contributed by atoms with Gasteiger partial charge in [0.15, 0.2) is 0 Å². The fourth-order valence-corrected chi connectivity index (χ4v) is 2.09. The van der Waals surface area contributed by atoms with Crippen molar-refractivity contribution >= 4 is 13.8 Å². The van der Waals surface area contributed by atoms with E-state index >= 15 is 0 Å². The molecule has 9 heteroatoms. The van der Waals surface area contributed by atoms with E-state index in [2.05, 4.69) is 6.58 Å². The number of methoxy groups -OCH3 is 1. The molecule has 0 saturated carbocycles. The van der Waals surface area contributed by atoms with Gasteiger partial charge in [-0.1, -0.05) is 6.08 Å². The topological polar surface area (TPSA) is 101 Å². The molecule has 0 aromatic heterocycles. The maximum Gasteiger partial charge on any atom is 0.475 e. The molecule has 1 unspecified atom stereocenters. The monoisotopic (exact) mass is 312 g/mol. The first-order valence-electron chi connectivity index (χ1n) is 5.98. The van der Waals surface area contributed by atoms with Gasteiger partial charge in [0, 0.05) is 7.11 Å². The zero-order valence-corrected chi connectivity index (χ0v) is 12.4. The molecular weight excluding hydrogens is 291 g/mol. The van der Waals surface area contributed by atoms with Gasteiger partial charge in [-0.25, -0.2) is 4.57 Å². The zero-order valence-electron chi connectivity index (χ0n) is 11.5. The average Bonchev–Trinajstić information content (AvgIpc) is 2.43. The van der Waals surface area contributed by atoms with Gasteiger partial charge in [0.2, 0.25) is 0 Å². The molecule has 8 nitrogen and oxygen atoms in total. The second-order valence-electron chi connectivity index (χ2n) is 3.38. The summed E-state index contributed by atoms with van der Waals surface area (Å²) in [5, 5.41) is 8.63. The Hall–Kier alpha value is -0.760. The van der Waals surface area contributed by atoms with E-state index in [1.165, 1.54) is 13.2 Å². The molecule has 20 heavy (non-hydrogen) atoms. The predicted octanol–water partition coefficient (Wildman–Crippen LogP) is 0.902. The number of phosphoric acid groups is 1. The summed E-state index contributed by atoms with van der Waals surface area (Å²) < 4.78 is 36.1. The molecule has 0 amide bonds. The van der Waals surface area contributed by atoms with Crippen molar-refractivity contribution in [1.82, 2.24) is 0 Å². The number of carbonyl (C=O) groups excluding carboxylic acids is 1. The summed E-state index contributed by atoms with van der Waals surface area (Å²) >= 11 is 0. The van der Waals surface area contributed by atoms with Crippen molar-refractivity contribution in [2.24, 2.45) is 0 Å². The maximum absolute atomic E-state index is 12.0. The van der Waals surface area contributed by atoms with Crippen molar-refractivity contribution in [3.63, 3.8) is 0 Å². The molecule has 0 heterocycles. The second kappa shape index (κ2) is 12.0. The SMILES string of the molecule is C=CCOP(=O)(OCCO)OCCC(=O)OCCOC. The third-order valence-electron chi connectivity index (χ3n) is 1.80. The summed E-state index contributed by atoms with van der Waals surface area (Å²) in [6.45, 7) is 3.08. The van der Waals surface area contributed by atoms with Gasteiger partial charge in [0.1, 0.15) is 6.61 Å². The molecule has 0 fully saturated rings. The number of hydrogen-bond donors (Lipinski definition) is 1. The van der Waals surface area contributed by atoms with Crippen LogP contribution in [0.2, 0.25) is 0 Å². The van der Waals surface area contributed by atoms with Gasteiger partial charge in [-0.3, -0.25) is 18.4 Å². The molecule has 1 atom stereocenters. The average molecular weight is 312 g/mol. The fraction of sp³-hybridized carbons (Fsp3) is 0.727. The van der Waals surface area contributed by atoms with Crippen LogP contribution in [0, 0.1) is 0 Å². The van der Waals surface area contributed by atoms with Crippen LogP contribution < -0.4 is 0 Å². The third-order valence-corrected chi connectivity index (χ3v) is 3.26. The normalized spacial score (nSPS) is 13.7. The number of rotatable bonds is 13. The number of carbonyl (C=O) groups is 1. The summed E-state index contributed by atoms with van der Waals surface area (Å²) in [5.41, 5.74) is 0. The Morgan fingerprint density at radius 2 is 1.90 bits per heavy atom. The van der Waals surface area contributed by atoms with E-state index in [0.29, 0.717) is 6.61 Å². The molecule has 0 aliphatic carbocycles. The lowest BCUT2D eigenvalue weighted by Gasteiger charge is -2.16. The first-order chi connectivity index (χ1) is 9.58. The minimum atomic E-state index is -3.80. The van der Waals surface area contributed by atoms with Gasteiger partial charge in [-0.05, 0) is 0 Å². The Kier molecular flexibility index (Phi) is 11.6. The standard InChI is InChI=1S/C11H21O8P/c1-3-6-17-20(14,19-8-5-12)18-7-4-11(13)16-10-9-15-2/h3,12H,1,4-10H2,2H3. The molecule has 0 bridgehead atoms. The number of aliphatic hydroxyl groups is 1. The molecule has 0 spiro atoms. The van der Waals surface area contributed by atoms with Crippen LogP contribution in [0.25, 0.3) is 0 Å². The lowest BCUT2D eigenvalue weighted by molar-refractivity contribution is -0.145. The molecule has 0 aliphatic rings. The van der Waals surface area contributed by atoms with Crippen LogP contribution >= 0.6 is 7.82 Å². The predicted molar refractivity (Wildman–Crippen MR) is 70.2 cm³/mol. The van der Waals surface area contributed by atoms with Crippen molar-refractivity contribution in [1.29, 1.82) is 0 Å². The summed E-state index contributed by atoms with van der Waals surface area (Å²) in [7, 11) is -2.32. The fourth-order valence-electron chi connectivity index (χ4n) is 0.960. The molecule has 0 saturated heterocycles. The van der Waals surface area contributed by atoms with Crippen molar-refractivity contribution in [2.75, 3.05) is 46.8 Å². The van der Waals surface area contributed by atoms with Gasteiger partial charge in [-0.15, -0.1) is 6.58 Å². The summed E-state index contributed by atoms with van der Waals surface area (Å²) in [4.78, 5) is 11.2. The summed E-state index contributed by atoms with van der Waals surface area (Å²) in [5.74, 6) is -0.514. The molecule has 1 N–H and O–H groups in total. The van der Waals surface area contributed by atoms with E-state index in [1.54, 1.807) is 0 Å². The van der Waals surface area contributed by atoms with Crippen molar-refractivity contribution < 1.29 is 37.5 Å². The number of hydrogen-bond acceptors (Lipinski definition) is 8. The van der Waals surface area contributed by atoms with Gasteiger partial charge in [0.05, 0.1) is 39.5 Å². The van der Waals surface area contributed by atoms with Crippen LogP contribution in [-0.4, -0.2) is 57.8 Å². The number of ether oxygens (including phenoxy) is 2. The van der Waals surface area contributed by atoms with Crippen molar-refractivity contribution in [3.8, 4) is 0 Å². The van der Waals surface area contributed by atoms with Crippen molar-refractivity contribution in [3.05, 3.63) is 12.7 Å². The quantitative estimate of drug-likeness (QED) is 0.232. The Morgan fingerprint density at radius 3 is 2.50 bits per heavy atom. The van der Waals surface area contributed by atoms with Gasteiger partial charge in [0.25, 0.3) is 0 Å². The Bertz CT molecular complexity index is 320. The number of aliphatic hydroxyl groups excluding tert-OH is 1. The number of phosphoric ester groups is 1. The lowest BCUT2D eigenvalue weighted by atomic mass is 10.5. The minimum Gasteiger partial charge on any atom is -0.463 e. The van der Waals surface area contributed by atoms with Crippen molar-refractivity contribution in [2.45, 2.75) is 6.42 Å². The molecular formula is C11H21O8P. The third kappa shape index (κ3) is 10.1. The Labute approximate surface area is 118 Å². The maximum atomic E-state index is 12.0. The zero-order chi connectivity index (χ0) is 15.3. The van der Waals surface area contributed by atoms with Crippen LogP contribution in [0.4, 0.5) is 0 Å². The van der Waals surface area contributed by atoms with Crippen LogP contribution in [0.1, 0.15) is 6.42 Å². The highest BCUT2D eigenvalue weighted by molar-refractivity contribution is 7.48. The van der Waals surface area contributed by atoms with E-state index < -0.39 is 13.8 Å². The van der Waals surface area contributed by atoms with E-state index in [4.69, 9.17) is 28.2 Å². The first-order valence-corrected chi connectivity index (χ1v) is 7.44. The molecule has 0 rings (SSSR count). The highest BCUT2D eigenvalue weighted by atomic mass is 31.2. The van der Waals surface area contributed by atoms with E-state index in [1.807, 2.05) is 0 Å². The number of esters is 1. The van der Waals surface area contributed by atoms with Gasteiger partial charge < -0.3 is 14.6 Å². The summed E-state index contributed by atoms with van der Waals surface area (Å²) in [6.07, 6.45) is 1.27. The molecule has 0 aromatic carbocycles. The summed E-state index contributed by atoms with van der Waals surface area (Å²) in [6, 6.07) is 0. The van der Waals surface area contributed by atoms with Crippen LogP contribution in [0.5, 0.6) is 0 Å². The molecule has 0 aromatic rings. The van der Waals surface area contributed by atoms with Crippen LogP contribution in [0.15, 0.2) is 12.7 Å². The molecule has 0 aliphatic heterocycles. The van der Waals surface area contributed by atoms with E-state index in [0.717, 1.165) is 0 Å². The minimum absolute atomic E-state index is 0.0407. The van der Waals surface area contributed by atoms with E-state index in [-0.39, 0.29) is 39.5 Å². The second-order valence-corrected chi connectivity index (χ2v) is 5.05. The lowest BCUT2D eigenvalue weighted by Crippen LogP contribution is -2.12. The van der Waals surface area contributed by atoms with Gasteiger partial charge >= 0.3 is 13.8 Å². The smallest absolute Gasteiger partial charge is 0.463 e. The highest BCUT2D eigenvalue weighted by Gasteiger charge is 2.26. The molecule has 0 radical (unpaired) electrons. The van der Waals surface area contributed by atoms with Crippen LogP contribution in [0.3, 0.4) is 0 Å². The Balaban J connectivity index is 4.02. The van der Waals surface area contributed by atoms with E-state index in [9.17, 15) is 9.36 Å². The largest absolute Gasteiger partial charge is 0.475 e.